The van der Waals surface area contributed by atoms with Crippen LogP contribution in [0.2, 0.25) is 0 Å². The molecule has 0 aliphatic heterocycles. The monoisotopic (exact) mass is 480 g/mol. The van der Waals surface area contributed by atoms with Crippen molar-refractivity contribution < 1.29 is 23.8 Å². The maximum absolute atomic E-state index is 12.6. The Bertz CT molecular complexity index is 911. The van der Waals surface area contributed by atoms with Crippen LogP contribution in [-0.4, -0.2) is 18.5 Å². The molecule has 0 N–H and O–H groups in total. The molecule has 1 aliphatic carbocycles. The molecule has 190 valence electrons. The molecule has 1 fully saturated rings. The Hall–Kier alpha value is -2.82. The smallest absolute Gasteiger partial charge is 0.343 e. The van der Waals surface area contributed by atoms with Crippen molar-refractivity contribution in [2.24, 2.45) is 17.8 Å². The number of hydrogen-bond donors (Lipinski definition) is 0. The number of esters is 2. The van der Waals surface area contributed by atoms with Crippen molar-refractivity contribution in [3.8, 4) is 17.2 Å². The van der Waals surface area contributed by atoms with Crippen LogP contribution in [0.1, 0.15) is 88.9 Å². The normalized spacial score (nSPS) is 18.5. The van der Waals surface area contributed by atoms with E-state index in [0.717, 1.165) is 43.8 Å². The maximum atomic E-state index is 12.6. The molecule has 5 heteroatoms. The molecule has 2 aromatic carbocycles. The molecule has 35 heavy (non-hydrogen) atoms. The molecule has 1 saturated carbocycles. The van der Waals surface area contributed by atoms with Crippen LogP contribution in [0.3, 0.4) is 0 Å². The van der Waals surface area contributed by atoms with Gasteiger partial charge in [0.1, 0.15) is 17.2 Å². The van der Waals surface area contributed by atoms with Gasteiger partial charge in [-0.05, 0) is 86.1 Å². The van der Waals surface area contributed by atoms with Crippen LogP contribution in [0.5, 0.6) is 17.2 Å². The third-order valence-corrected chi connectivity index (χ3v) is 6.97. The van der Waals surface area contributed by atoms with E-state index in [1.807, 2.05) is 0 Å². The Morgan fingerprint density at radius 3 is 2.03 bits per heavy atom. The Morgan fingerprint density at radius 1 is 0.829 bits per heavy atom. The van der Waals surface area contributed by atoms with Gasteiger partial charge in [0, 0.05) is 0 Å². The number of benzene rings is 2. The number of unbranched alkanes of at least 4 members (excludes halogenated alkanes) is 2. The van der Waals surface area contributed by atoms with E-state index in [9.17, 15) is 9.59 Å². The molecule has 2 aromatic rings. The second-order valence-corrected chi connectivity index (χ2v) is 9.84. The first-order valence-corrected chi connectivity index (χ1v) is 13.2. The summed E-state index contributed by atoms with van der Waals surface area (Å²) in [5.41, 5.74) is 0.446. The first-order valence-electron chi connectivity index (χ1n) is 13.2. The van der Waals surface area contributed by atoms with E-state index in [4.69, 9.17) is 14.2 Å². The molecule has 0 spiro atoms. The molecular weight excluding hydrogens is 440 g/mol. The first kappa shape index (κ1) is 26.8. The van der Waals surface area contributed by atoms with Gasteiger partial charge in [-0.2, -0.15) is 0 Å². The van der Waals surface area contributed by atoms with Crippen molar-refractivity contribution >= 4 is 11.9 Å². The highest BCUT2D eigenvalue weighted by atomic mass is 16.5. The van der Waals surface area contributed by atoms with E-state index in [1.54, 1.807) is 48.5 Å². The lowest BCUT2D eigenvalue weighted by Gasteiger charge is -2.27. The third-order valence-electron chi connectivity index (χ3n) is 6.97. The lowest BCUT2D eigenvalue weighted by atomic mass is 9.80. The van der Waals surface area contributed by atoms with Crippen molar-refractivity contribution in [1.29, 1.82) is 0 Å². The molecule has 0 amide bonds. The zero-order valence-corrected chi connectivity index (χ0v) is 21.5. The predicted octanol–water partition coefficient (Wildman–Crippen LogP) is 7.62. The van der Waals surface area contributed by atoms with Gasteiger partial charge in [0.25, 0.3) is 0 Å². The van der Waals surface area contributed by atoms with Gasteiger partial charge in [0.05, 0.1) is 18.1 Å². The van der Waals surface area contributed by atoms with E-state index in [-0.39, 0.29) is 11.9 Å². The standard InChI is InChI=1S/C30H40O5/c1-4-6-7-8-23-9-11-24(12-10-23)29(31)34-27-17-19-28(20-18-27)35-30(32)25-13-15-26(16-14-25)33-21-22(3)5-2/h13-20,22-24H,4-12,21H2,1-3H3/t22-,23-,24-/m0/s1. The van der Waals surface area contributed by atoms with Gasteiger partial charge in [-0.15, -0.1) is 0 Å². The lowest BCUT2D eigenvalue weighted by molar-refractivity contribution is -0.140. The van der Waals surface area contributed by atoms with Crippen molar-refractivity contribution in [2.45, 2.75) is 78.6 Å². The van der Waals surface area contributed by atoms with Crippen LogP contribution in [-0.2, 0) is 4.79 Å². The highest BCUT2D eigenvalue weighted by Gasteiger charge is 2.27. The van der Waals surface area contributed by atoms with Gasteiger partial charge in [-0.3, -0.25) is 4.79 Å². The summed E-state index contributed by atoms with van der Waals surface area (Å²) < 4.78 is 16.8. The van der Waals surface area contributed by atoms with Gasteiger partial charge in [0.15, 0.2) is 0 Å². The fourth-order valence-corrected chi connectivity index (χ4v) is 4.35. The van der Waals surface area contributed by atoms with Crippen LogP contribution in [0.15, 0.2) is 48.5 Å². The first-order chi connectivity index (χ1) is 17.0. The van der Waals surface area contributed by atoms with E-state index in [0.29, 0.717) is 29.6 Å². The number of ether oxygens (including phenoxy) is 3. The second-order valence-electron chi connectivity index (χ2n) is 9.84. The minimum Gasteiger partial charge on any atom is -0.493 e. The van der Waals surface area contributed by atoms with Crippen molar-refractivity contribution in [3.05, 3.63) is 54.1 Å². The van der Waals surface area contributed by atoms with Crippen LogP contribution in [0.25, 0.3) is 0 Å². The summed E-state index contributed by atoms with van der Waals surface area (Å²) in [7, 11) is 0. The van der Waals surface area contributed by atoms with E-state index < -0.39 is 5.97 Å². The quantitative estimate of drug-likeness (QED) is 0.178. The zero-order valence-electron chi connectivity index (χ0n) is 21.5. The van der Waals surface area contributed by atoms with Crippen molar-refractivity contribution in [1.82, 2.24) is 0 Å². The summed E-state index contributed by atoms with van der Waals surface area (Å²) in [5.74, 6) is 2.23. The van der Waals surface area contributed by atoms with Gasteiger partial charge in [-0.25, -0.2) is 4.79 Å². The molecule has 1 atom stereocenters. The molecular formula is C30H40O5. The van der Waals surface area contributed by atoms with E-state index in [1.165, 1.54) is 25.7 Å². The van der Waals surface area contributed by atoms with Crippen molar-refractivity contribution in [3.63, 3.8) is 0 Å². The number of carbonyl (C=O) groups excluding carboxylic acids is 2. The Kier molecular flexibility index (Phi) is 10.6. The SMILES string of the molecule is CCCCC[C@H]1CC[C@H](C(=O)Oc2ccc(OC(=O)c3ccc(OC[C@@H](C)CC)cc3)cc2)CC1. The molecule has 5 nitrogen and oxygen atoms in total. The fourth-order valence-electron chi connectivity index (χ4n) is 4.35. The summed E-state index contributed by atoms with van der Waals surface area (Å²) in [6.45, 7) is 7.15. The topological polar surface area (TPSA) is 61.8 Å². The fraction of sp³-hybridized carbons (Fsp3) is 0.533. The Morgan fingerprint density at radius 2 is 1.43 bits per heavy atom. The van der Waals surface area contributed by atoms with Gasteiger partial charge < -0.3 is 14.2 Å². The Labute approximate surface area is 210 Å². The summed E-state index contributed by atoms with van der Waals surface area (Å²) >= 11 is 0. The maximum Gasteiger partial charge on any atom is 0.343 e. The van der Waals surface area contributed by atoms with Crippen LogP contribution >= 0.6 is 0 Å². The number of rotatable bonds is 12. The predicted molar refractivity (Wildman–Crippen MR) is 138 cm³/mol. The zero-order chi connectivity index (χ0) is 25.0. The molecule has 1 aliphatic rings. The molecule has 0 bridgehead atoms. The lowest BCUT2D eigenvalue weighted by Crippen LogP contribution is -2.25. The van der Waals surface area contributed by atoms with E-state index >= 15 is 0 Å². The third kappa shape index (κ3) is 8.72. The average Bonchev–Trinajstić information content (AvgIpc) is 2.89. The molecule has 0 unspecified atom stereocenters. The number of carbonyl (C=O) groups is 2. The Balaban J connectivity index is 1.43. The highest BCUT2D eigenvalue weighted by molar-refractivity contribution is 5.91. The van der Waals surface area contributed by atoms with Gasteiger partial charge >= 0.3 is 11.9 Å². The van der Waals surface area contributed by atoms with Crippen LogP contribution in [0.4, 0.5) is 0 Å². The molecule has 0 radical (unpaired) electrons. The number of hydrogen-bond acceptors (Lipinski definition) is 5. The highest BCUT2D eigenvalue weighted by Crippen LogP contribution is 2.33. The molecule has 0 heterocycles. The largest absolute Gasteiger partial charge is 0.493 e. The molecule has 0 saturated heterocycles. The van der Waals surface area contributed by atoms with Crippen LogP contribution in [0, 0.1) is 17.8 Å². The van der Waals surface area contributed by atoms with Gasteiger partial charge in [-0.1, -0.05) is 52.9 Å². The average molecular weight is 481 g/mol. The summed E-state index contributed by atoms with van der Waals surface area (Å²) in [6.07, 6.45) is 10.2. The second kappa shape index (κ2) is 13.9. The van der Waals surface area contributed by atoms with Gasteiger partial charge in [0.2, 0.25) is 0 Å². The molecule has 0 aromatic heterocycles. The summed E-state index contributed by atoms with van der Waals surface area (Å²) in [4.78, 5) is 25.1. The van der Waals surface area contributed by atoms with Crippen LogP contribution < -0.4 is 14.2 Å². The minimum atomic E-state index is -0.445. The minimum absolute atomic E-state index is 0.0212. The van der Waals surface area contributed by atoms with Crippen molar-refractivity contribution in [2.75, 3.05) is 6.61 Å². The summed E-state index contributed by atoms with van der Waals surface area (Å²) in [6, 6.07) is 13.6. The van der Waals surface area contributed by atoms with E-state index in [2.05, 4.69) is 20.8 Å². The summed E-state index contributed by atoms with van der Waals surface area (Å²) in [5, 5.41) is 0. The molecule has 3 rings (SSSR count).